The highest BCUT2D eigenvalue weighted by molar-refractivity contribution is 14.0. The number of fused-ring (bicyclic) bond motifs is 2. The van der Waals surface area contributed by atoms with E-state index >= 15 is 0 Å². The van der Waals surface area contributed by atoms with Gasteiger partial charge in [-0.1, -0.05) is 30.3 Å². The zero-order valence-corrected chi connectivity index (χ0v) is 20.3. The average molecular weight is 534 g/mol. The van der Waals surface area contributed by atoms with Crippen molar-refractivity contribution < 1.29 is 4.74 Å². The Labute approximate surface area is 200 Å². The van der Waals surface area contributed by atoms with Crippen LogP contribution in [0.15, 0.2) is 47.5 Å². The maximum Gasteiger partial charge on any atom is 0.191 e. The monoisotopic (exact) mass is 534 g/mol. The van der Waals surface area contributed by atoms with Crippen molar-refractivity contribution in [2.75, 3.05) is 19.7 Å². The van der Waals surface area contributed by atoms with Crippen LogP contribution in [-0.2, 0) is 19.5 Å². The van der Waals surface area contributed by atoms with Crippen molar-refractivity contribution in [2.24, 2.45) is 4.99 Å². The summed E-state index contributed by atoms with van der Waals surface area (Å²) < 4.78 is 8.13. The first kappa shape index (κ1) is 23.3. The third kappa shape index (κ3) is 6.32. The van der Waals surface area contributed by atoms with Gasteiger partial charge in [-0.3, -0.25) is 0 Å². The Morgan fingerprint density at radius 1 is 1.10 bits per heavy atom. The van der Waals surface area contributed by atoms with Gasteiger partial charge < -0.3 is 19.9 Å². The van der Waals surface area contributed by atoms with Crippen molar-refractivity contribution in [2.45, 2.75) is 45.7 Å². The van der Waals surface area contributed by atoms with Gasteiger partial charge in [-0.05, 0) is 49.1 Å². The van der Waals surface area contributed by atoms with Crippen LogP contribution in [0.2, 0.25) is 0 Å². The van der Waals surface area contributed by atoms with E-state index in [0.717, 1.165) is 55.8 Å². The number of halogens is 1. The molecular formula is C23H31IN6O. The van der Waals surface area contributed by atoms with Crippen LogP contribution < -0.4 is 15.4 Å². The predicted octanol–water partition coefficient (Wildman–Crippen LogP) is 3.91. The van der Waals surface area contributed by atoms with Gasteiger partial charge >= 0.3 is 0 Å². The molecule has 0 spiro atoms. The molecule has 7 nitrogen and oxygen atoms in total. The van der Waals surface area contributed by atoms with Crippen molar-refractivity contribution in [3.05, 3.63) is 54.1 Å². The molecule has 0 amide bonds. The summed E-state index contributed by atoms with van der Waals surface area (Å²) in [5.41, 5.74) is 0. The Hall–Kier alpha value is -2.36. The second-order valence-corrected chi connectivity index (χ2v) is 7.47. The van der Waals surface area contributed by atoms with Gasteiger partial charge in [0.2, 0.25) is 0 Å². The first-order chi connectivity index (χ1) is 14.8. The maximum absolute atomic E-state index is 5.92. The Morgan fingerprint density at radius 2 is 1.97 bits per heavy atom. The summed E-state index contributed by atoms with van der Waals surface area (Å²) in [5, 5.41) is 17.7. The molecule has 4 rings (SSSR count). The van der Waals surface area contributed by atoms with E-state index in [-0.39, 0.29) is 24.0 Å². The highest BCUT2D eigenvalue weighted by Gasteiger charge is 2.15. The fraction of sp³-hybridized carbons (Fsp3) is 0.435. The number of aryl methyl sites for hydroxylation is 1. The van der Waals surface area contributed by atoms with Crippen molar-refractivity contribution in [1.82, 2.24) is 25.4 Å². The summed E-state index contributed by atoms with van der Waals surface area (Å²) in [6.07, 6.45) is 4.30. The first-order valence-corrected chi connectivity index (χ1v) is 10.9. The molecule has 2 aromatic carbocycles. The summed E-state index contributed by atoms with van der Waals surface area (Å²) in [4.78, 5) is 4.68. The zero-order chi connectivity index (χ0) is 20.6. The number of guanidine groups is 1. The van der Waals surface area contributed by atoms with Crippen molar-refractivity contribution in [1.29, 1.82) is 0 Å². The number of benzene rings is 2. The van der Waals surface area contributed by atoms with Gasteiger partial charge in [-0.25, -0.2) is 4.99 Å². The molecule has 2 N–H and O–H groups in total. The zero-order valence-electron chi connectivity index (χ0n) is 18.0. The summed E-state index contributed by atoms with van der Waals surface area (Å²) in [6.45, 7) is 5.87. The van der Waals surface area contributed by atoms with E-state index in [1.165, 1.54) is 23.6 Å². The normalized spacial score (nSPS) is 13.4. The van der Waals surface area contributed by atoms with Gasteiger partial charge in [0.15, 0.2) is 11.8 Å². The SMILES string of the molecule is CCNC(=NCc1nnc2n1CCCC2)NCCCOc1ccc2ccccc2c1.I. The Bertz CT molecular complexity index is 1000. The molecule has 8 heteroatoms. The molecule has 0 saturated heterocycles. The molecule has 0 radical (unpaired) electrons. The van der Waals surface area contributed by atoms with E-state index in [1.54, 1.807) is 0 Å². The van der Waals surface area contributed by atoms with Gasteiger partial charge in [0.05, 0.1) is 6.61 Å². The lowest BCUT2D eigenvalue weighted by atomic mass is 10.1. The summed E-state index contributed by atoms with van der Waals surface area (Å²) >= 11 is 0. The molecular weight excluding hydrogens is 503 g/mol. The minimum Gasteiger partial charge on any atom is -0.494 e. The minimum atomic E-state index is 0. The number of hydrogen-bond acceptors (Lipinski definition) is 4. The molecule has 0 aliphatic carbocycles. The summed E-state index contributed by atoms with van der Waals surface area (Å²) in [7, 11) is 0. The van der Waals surface area contributed by atoms with Crippen LogP contribution in [0.25, 0.3) is 10.8 Å². The molecule has 0 atom stereocenters. The predicted molar refractivity (Wildman–Crippen MR) is 135 cm³/mol. The van der Waals surface area contributed by atoms with E-state index < -0.39 is 0 Å². The van der Waals surface area contributed by atoms with Gasteiger partial charge in [-0.2, -0.15) is 0 Å². The topological polar surface area (TPSA) is 76.4 Å². The second kappa shape index (κ2) is 11.9. The van der Waals surface area contributed by atoms with Gasteiger partial charge in [0, 0.05) is 26.1 Å². The van der Waals surface area contributed by atoms with Crippen molar-refractivity contribution >= 4 is 40.7 Å². The fourth-order valence-electron chi connectivity index (χ4n) is 3.70. The molecule has 1 aliphatic rings. The molecule has 3 aromatic rings. The minimum absolute atomic E-state index is 0. The largest absolute Gasteiger partial charge is 0.494 e. The third-order valence-electron chi connectivity index (χ3n) is 5.26. The Balaban J connectivity index is 0.00000272. The highest BCUT2D eigenvalue weighted by atomic mass is 127. The molecule has 0 saturated carbocycles. The third-order valence-corrected chi connectivity index (χ3v) is 5.26. The quantitative estimate of drug-likeness (QED) is 0.199. The summed E-state index contributed by atoms with van der Waals surface area (Å²) in [6, 6.07) is 14.5. The smallest absolute Gasteiger partial charge is 0.191 e. The lowest BCUT2D eigenvalue weighted by Crippen LogP contribution is -2.38. The van der Waals surface area contributed by atoms with Crippen LogP contribution in [-0.4, -0.2) is 40.4 Å². The number of ether oxygens (including phenoxy) is 1. The highest BCUT2D eigenvalue weighted by Crippen LogP contribution is 2.20. The number of nitrogens with one attached hydrogen (secondary N) is 2. The lowest BCUT2D eigenvalue weighted by molar-refractivity contribution is 0.311. The van der Waals surface area contributed by atoms with E-state index in [9.17, 15) is 0 Å². The molecule has 0 unspecified atom stereocenters. The van der Waals surface area contributed by atoms with E-state index in [0.29, 0.717) is 13.2 Å². The van der Waals surface area contributed by atoms with Crippen LogP contribution in [0, 0.1) is 0 Å². The molecule has 31 heavy (non-hydrogen) atoms. The molecule has 2 heterocycles. The number of hydrogen-bond donors (Lipinski definition) is 2. The molecule has 0 bridgehead atoms. The van der Waals surface area contributed by atoms with Crippen LogP contribution in [0.3, 0.4) is 0 Å². The van der Waals surface area contributed by atoms with Crippen LogP contribution in [0.5, 0.6) is 5.75 Å². The van der Waals surface area contributed by atoms with E-state index in [4.69, 9.17) is 4.74 Å². The van der Waals surface area contributed by atoms with Gasteiger partial charge in [0.25, 0.3) is 0 Å². The number of aromatic nitrogens is 3. The van der Waals surface area contributed by atoms with Crippen LogP contribution >= 0.6 is 24.0 Å². The Kier molecular flexibility index (Phi) is 8.93. The lowest BCUT2D eigenvalue weighted by Gasteiger charge is -2.15. The standard InChI is InChI=1S/C23H30N6O.HI/c1-2-24-23(26-17-22-28-27-21-10-5-6-14-29(21)22)25-13-7-15-30-20-12-11-18-8-3-4-9-19(18)16-20;/h3-4,8-9,11-12,16H,2,5-7,10,13-15,17H2,1H3,(H2,24,25,26);1H. The Morgan fingerprint density at radius 3 is 2.84 bits per heavy atom. The van der Waals surface area contributed by atoms with Crippen LogP contribution in [0.1, 0.15) is 37.8 Å². The number of nitrogens with zero attached hydrogens (tertiary/aromatic N) is 4. The van der Waals surface area contributed by atoms with Crippen molar-refractivity contribution in [3.63, 3.8) is 0 Å². The average Bonchev–Trinajstić information content (AvgIpc) is 3.20. The number of rotatable bonds is 8. The fourth-order valence-corrected chi connectivity index (χ4v) is 3.70. The number of aliphatic imine (C=N–C) groups is 1. The molecule has 0 fully saturated rings. The van der Waals surface area contributed by atoms with E-state index in [2.05, 4.69) is 67.6 Å². The second-order valence-electron chi connectivity index (χ2n) is 7.47. The molecule has 166 valence electrons. The summed E-state index contributed by atoms with van der Waals surface area (Å²) in [5.74, 6) is 3.75. The van der Waals surface area contributed by atoms with Gasteiger partial charge in [-0.15, -0.1) is 34.2 Å². The van der Waals surface area contributed by atoms with Crippen LogP contribution in [0.4, 0.5) is 0 Å². The van der Waals surface area contributed by atoms with E-state index in [1.807, 2.05) is 12.1 Å². The van der Waals surface area contributed by atoms with Crippen molar-refractivity contribution in [3.8, 4) is 5.75 Å². The first-order valence-electron chi connectivity index (χ1n) is 10.9. The maximum atomic E-state index is 5.92. The van der Waals surface area contributed by atoms with Gasteiger partial charge in [0.1, 0.15) is 18.1 Å². The molecule has 1 aliphatic heterocycles. The molecule has 1 aromatic heterocycles.